The van der Waals surface area contributed by atoms with E-state index in [0.29, 0.717) is 0 Å². The third-order valence-electron chi connectivity index (χ3n) is 0.888. The van der Waals surface area contributed by atoms with Crippen molar-refractivity contribution in [3.05, 3.63) is 0 Å². The molecule has 0 aliphatic heterocycles. The quantitative estimate of drug-likeness (QED) is 0.311. The number of hydrogen-bond donors (Lipinski definition) is 3. The highest BCUT2D eigenvalue weighted by Gasteiger charge is 2.38. The number of carboxylic acid groups (broad SMARTS) is 1. The average molecular weight is 199 g/mol. The van der Waals surface area contributed by atoms with Crippen LogP contribution < -0.4 is 23.9 Å². The second kappa shape index (κ2) is 4.61. The van der Waals surface area contributed by atoms with E-state index >= 15 is 0 Å². The molecule has 0 radical (unpaired) electrons. The molecule has 0 atom stereocenters. The van der Waals surface area contributed by atoms with Crippen molar-refractivity contribution in [1.29, 1.82) is 0 Å². The first kappa shape index (κ1) is 13.4. The first-order valence-corrected chi connectivity index (χ1v) is 3.48. The van der Waals surface area contributed by atoms with Gasteiger partial charge in [0.05, 0.1) is 0 Å². The lowest BCUT2D eigenvalue weighted by Crippen LogP contribution is -3.00. The minimum Gasteiger partial charge on any atom is -1.00 e. The summed E-state index contributed by atoms with van der Waals surface area (Å²) in [6.07, 6.45) is 0. The second-order valence-corrected chi connectivity index (χ2v) is 4.02. The standard InChI is InChI=1S/C5H10N2O2S.ClH/c1-5(2,3(8)9)10-4(6)7;/h6-7H2,1-2H3;1H. The normalized spacial score (nSPS) is 9.82. The molecule has 0 rings (SSSR count). The van der Waals surface area contributed by atoms with Gasteiger partial charge in [0.1, 0.15) is 0 Å². The van der Waals surface area contributed by atoms with Crippen molar-refractivity contribution >= 4 is 22.4 Å². The van der Waals surface area contributed by atoms with Gasteiger partial charge in [0, 0.05) is 13.8 Å². The Labute approximate surface area is 75.3 Å². The summed E-state index contributed by atoms with van der Waals surface area (Å²) in [6, 6.07) is 0. The fraction of sp³-hybridized carbons (Fsp3) is 0.600. The highest BCUT2D eigenvalue weighted by Crippen LogP contribution is 2.04. The number of aliphatic carboxylic acids is 1. The smallest absolute Gasteiger partial charge is 0.369 e. The van der Waals surface area contributed by atoms with Crippen LogP contribution in [0.1, 0.15) is 13.8 Å². The van der Waals surface area contributed by atoms with Crippen LogP contribution in [0.15, 0.2) is 0 Å². The molecular formula is C5H11ClN2O2S. The summed E-state index contributed by atoms with van der Waals surface area (Å²) in [6.45, 7) is 3.08. The van der Waals surface area contributed by atoms with Crippen LogP contribution in [-0.2, 0) is 16.1 Å². The summed E-state index contributed by atoms with van der Waals surface area (Å²) in [5.74, 6) is -0.925. The summed E-state index contributed by atoms with van der Waals surface area (Å²) in [5.41, 5.74) is 10.2. The van der Waals surface area contributed by atoms with Crippen molar-refractivity contribution in [2.75, 3.05) is 0 Å². The van der Waals surface area contributed by atoms with Gasteiger partial charge in [-0.05, 0) is 0 Å². The van der Waals surface area contributed by atoms with Crippen LogP contribution in [0.3, 0.4) is 0 Å². The first-order valence-electron chi connectivity index (χ1n) is 2.66. The molecule has 0 spiro atoms. The van der Waals surface area contributed by atoms with E-state index < -0.39 is 10.7 Å². The molecule has 0 aliphatic carbocycles. The van der Waals surface area contributed by atoms with E-state index in [1.165, 1.54) is 0 Å². The molecule has 0 saturated carbocycles. The molecule has 0 amide bonds. The zero-order valence-corrected chi connectivity index (χ0v) is 7.87. The van der Waals surface area contributed by atoms with Crippen molar-refractivity contribution < 1.29 is 22.3 Å². The topological polar surface area (TPSA) is 89.3 Å². The third-order valence-corrected chi connectivity index (χ3v) is 1.81. The molecule has 6 heteroatoms. The number of hydrogen-bond acceptors (Lipinski definition) is 1. The molecule has 4 nitrogen and oxygen atoms in total. The molecule has 0 saturated heterocycles. The van der Waals surface area contributed by atoms with Crippen LogP contribution >= 0.6 is 0 Å². The second-order valence-electron chi connectivity index (χ2n) is 2.32. The van der Waals surface area contributed by atoms with Gasteiger partial charge in [0.2, 0.25) is 11.4 Å². The van der Waals surface area contributed by atoms with Gasteiger partial charge in [-0.3, -0.25) is 0 Å². The molecule has 11 heavy (non-hydrogen) atoms. The monoisotopic (exact) mass is 198 g/mol. The van der Waals surface area contributed by atoms with Crippen molar-refractivity contribution in [3.8, 4) is 0 Å². The number of rotatable bonds is 2. The molecule has 0 fully saturated rings. The minimum atomic E-state index is -0.932. The van der Waals surface area contributed by atoms with E-state index in [0.717, 1.165) is 11.4 Å². The Balaban J connectivity index is 0. The molecule has 0 aromatic carbocycles. The highest BCUT2D eigenvalue weighted by atomic mass is 35.5. The first-order chi connectivity index (χ1) is 4.36. The summed E-state index contributed by atoms with van der Waals surface area (Å²) >= 11 is 0.937. The van der Waals surface area contributed by atoms with Crippen molar-refractivity contribution in [3.63, 3.8) is 0 Å². The van der Waals surface area contributed by atoms with Crippen LogP contribution in [0.25, 0.3) is 0 Å². The number of nitrogens with two attached hydrogens (primary N) is 2. The molecule has 0 heterocycles. The maximum Gasteiger partial charge on any atom is 0.369 e. The van der Waals surface area contributed by atoms with Gasteiger partial charge >= 0.3 is 11.1 Å². The van der Waals surface area contributed by atoms with Crippen LogP contribution in [0, 0.1) is 0 Å². The van der Waals surface area contributed by atoms with E-state index in [9.17, 15) is 4.79 Å². The summed E-state index contributed by atoms with van der Waals surface area (Å²) in [5, 5.41) is 8.62. The average Bonchev–Trinajstić information content (AvgIpc) is 1.60. The van der Waals surface area contributed by atoms with Gasteiger partial charge in [0.15, 0.2) is 0 Å². The lowest BCUT2D eigenvalue weighted by Gasteiger charge is -1.99. The molecule has 0 aromatic rings. The maximum absolute atomic E-state index is 10.4. The van der Waals surface area contributed by atoms with Gasteiger partial charge in [-0.25, -0.2) is 16.3 Å². The zero-order chi connectivity index (χ0) is 8.36. The lowest BCUT2D eigenvalue weighted by molar-refractivity contribution is -0.138. The SMILES string of the molecule is CC(C)([S+]=C(N)N)C(=O)O.[Cl-]. The Morgan fingerprint density at radius 3 is 1.91 bits per heavy atom. The van der Waals surface area contributed by atoms with Crippen LogP contribution in [0.2, 0.25) is 0 Å². The van der Waals surface area contributed by atoms with Crippen molar-refractivity contribution in [1.82, 2.24) is 0 Å². The summed E-state index contributed by atoms with van der Waals surface area (Å²) in [4.78, 5) is 10.4. The molecule has 0 unspecified atom stereocenters. The summed E-state index contributed by atoms with van der Waals surface area (Å²) < 4.78 is -0.932. The Morgan fingerprint density at radius 1 is 1.45 bits per heavy atom. The fourth-order valence-electron chi connectivity index (χ4n) is 0.338. The lowest BCUT2D eigenvalue weighted by atomic mass is 10.2. The fourth-order valence-corrected chi connectivity index (χ4v) is 1.01. The van der Waals surface area contributed by atoms with Crippen LogP contribution in [-0.4, -0.2) is 20.9 Å². The number of carboxylic acids is 1. The van der Waals surface area contributed by atoms with E-state index in [1.807, 2.05) is 0 Å². The predicted molar refractivity (Wildman–Crippen MR) is 42.5 cm³/mol. The molecule has 0 aliphatic rings. The van der Waals surface area contributed by atoms with Crippen LogP contribution in [0.4, 0.5) is 0 Å². The molecule has 0 aromatic heterocycles. The zero-order valence-electron chi connectivity index (χ0n) is 6.30. The van der Waals surface area contributed by atoms with Crippen molar-refractivity contribution in [2.45, 2.75) is 18.6 Å². The van der Waals surface area contributed by atoms with E-state index in [4.69, 9.17) is 16.6 Å². The van der Waals surface area contributed by atoms with Gasteiger partial charge in [-0.2, -0.15) is 0 Å². The van der Waals surface area contributed by atoms with E-state index in [1.54, 1.807) is 13.8 Å². The highest BCUT2D eigenvalue weighted by molar-refractivity contribution is 7.80. The van der Waals surface area contributed by atoms with Gasteiger partial charge in [-0.15, -0.1) is 0 Å². The summed E-state index contributed by atoms with van der Waals surface area (Å²) in [7, 11) is 0. The molecule has 5 N–H and O–H groups in total. The Kier molecular flexibility index (Phi) is 5.60. The number of carbonyl (C=O) groups is 1. The molecular weight excluding hydrogens is 188 g/mol. The van der Waals surface area contributed by atoms with E-state index in [2.05, 4.69) is 0 Å². The van der Waals surface area contributed by atoms with Gasteiger partial charge in [0.25, 0.3) is 4.75 Å². The Bertz CT molecular complexity index is 177. The number of halogens is 1. The molecule has 0 bridgehead atoms. The largest absolute Gasteiger partial charge is 1.00 e. The van der Waals surface area contributed by atoms with Gasteiger partial charge < -0.3 is 17.5 Å². The van der Waals surface area contributed by atoms with E-state index in [-0.39, 0.29) is 17.5 Å². The maximum atomic E-state index is 10.4. The van der Waals surface area contributed by atoms with Crippen LogP contribution in [0.5, 0.6) is 0 Å². The predicted octanol–water partition coefficient (Wildman–Crippen LogP) is -4.06. The van der Waals surface area contributed by atoms with Gasteiger partial charge in [-0.1, -0.05) is 0 Å². The van der Waals surface area contributed by atoms with Crippen molar-refractivity contribution in [2.24, 2.45) is 11.5 Å². The molecule has 66 valence electrons. The third kappa shape index (κ3) is 5.09. The minimum absolute atomic E-state index is 0. The Morgan fingerprint density at radius 2 is 1.82 bits per heavy atom. The Hall–Kier alpha value is -0.230.